The second kappa shape index (κ2) is 5.85. The predicted molar refractivity (Wildman–Crippen MR) is 75.3 cm³/mol. The highest BCUT2D eigenvalue weighted by Gasteiger charge is 2.23. The van der Waals surface area contributed by atoms with Gasteiger partial charge in [-0.3, -0.25) is 4.79 Å². The number of halogens is 2. The molecule has 0 bridgehead atoms. The molecule has 0 heterocycles. The minimum Gasteiger partial charge on any atom is -0.292 e. The highest BCUT2D eigenvalue weighted by Crippen LogP contribution is 2.24. The van der Waals surface area contributed by atoms with Crippen molar-refractivity contribution < 1.29 is 9.18 Å². The molecule has 0 saturated carbocycles. The summed E-state index contributed by atoms with van der Waals surface area (Å²) in [6.45, 7) is 1.78. The molecular formula is C16H11ClFNO. The maximum Gasteiger partial charge on any atom is 0.184 e. The first-order chi connectivity index (χ1) is 9.52. The second-order valence-corrected chi connectivity index (χ2v) is 4.87. The number of hydrogen-bond donors (Lipinski definition) is 0. The molecule has 0 aliphatic carbocycles. The van der Waals surface area contributed by atoms with Gasteiger partial charge < -0.3 is 0 Å². The maximum absolute atomic E-state index is 12.9. The summed E-state index contributed by atoms with van der Waals surface area (Å²) in [7, 11) is 0. The van der Waals surface area contributed by atoms with Gasteiger partial charge in [0.25, 0.3) is 0 Å². The number of benzene rings is 2. The van der Waals surface area contributed by atoms with Gasteiger partial charge in [0.05, 0.1) is 6.07 Å². The lowest BCUT2D eigenvalue weighted by atomic mass is 9.90. The lowest BCUT2D eigenvalue weighted by Crippen LogP contribution is -2.12. The molecule has 1 unspecified atom stereocenters. The number of hydrogen-bond acceptors (Lipinski definition) is 2. The lowest BCUT2D eigenvalue weighted by Gasteiger charge is -2.11. The molecule has 0 fully saturated rings. The van der Waals surface area contributed by atoms with E-state index >= 15 is 0 Å². The third-order valence-electron chi connectivity index (χ3n) is 3.06. The highest BCUT2D eigenvalue weighted by atomic mass is 35.5. The van der Waals surface area contributed by atoms with Gasteiger partial charge >= 0.3 is 0 Å². The van der Waals surface area contributed by atoms with E-state index in [1.807, 2.05) is 6.07 Å². The minimum absolute atomic E-state index is 0.334. The van der Waals surface area contributed by atoms with E-state index in [1.54, 1.807) is 25.1 Å². The number of nitrogens with zero attached hydrogens (tertiary/aromatic N) is 1. The Bertz CT molecular complexity index is 689. The van der Waals surface area contributed by atoms with Crippen molar-refractivity contribution in [3.63, 3.8) is 0 Å². The van der Waals surface area contributed by atoms with Crippen LogP contribution in [-0.4, -0.2) is 5.78 Å². The van der Waals surface area contributed by atoms with E-state index in [9.17, 15) is 14.4 Å². The van der Waals surface area contributed by atoms with Crippen LogP contribution < -0.4 is 0 Å². The summed E-state index contributed by atoms with van der Waals surface area (Å²) < 4.78 is 12.9. The average molecular weight is 288 g/mol. The first-order valence-corrected chi connectivity index (χ1v) is 6.36. The van der Waals surface area contributed by atoms with Crippen molar-refractivity contribution in [3.8, 4) is 6.07 Å². The Morgan fingerprint density at radius 3 is 2.50 bits per heavy atom. The summed E-state index contributed by atoms with van der Waals surface area (Å²) in [4.78, 5) is 12.5. The van der Waals surface area contributed by atoms with Crippen molar-refractivity contribution in [1.82, 2.24) is 0 Å². The van der Waals surface area contributed by atoms with Crippen molar-refractivity contribution in [2.24, 2.45) is 0 Å². The number of carbonyl (C=O) groups is 1. The van der Waals surface area contributed by atoms with Crippen LogP contribution in [0.2, 0.25) is 5.02 Å². The summed E-state index contributed by atoms with van der Waals surface area (Å²) in [5.74, 6) is -1.70. The van der Waals surface area contributed by atoms with Gasteiger partial charge in [-0.25, -0.2) is 4.39 Å². The Balaban J connectivity index is 2.42. The molecular weight excluding hydrogens is 277 g/mol. The Hall–Kier alpha value is -2.18. The van der Waals surface area contributed by atoms with Gasteiger partial charge in [-0.1, -0.05) is 29.8 Å². The average Bonchev–Trinajstić information content (AvgIpc) is 2.44. The van der Waals surface area contributed by atoms with Crippen LogP contribution in [0.1, 0.15) is 27.4 Å². The number of rotatable bonds is 3. The molecule has 0 spiro atoms. The smallest absolute Gasteiger partial charge is 0.184 e. The summed E-state index contributed by atoms with van der Waals surface area (Å²) in [6, 6.07) is 12.3. The van der Waals surface area contributed by atoms with E-state index in [2.05, 4.69) is 0 Å². The van der Waals surface area contributed by atoms with E-state index in [-0.39, 0.29) is 5.78 Å². The molecule has 0 aromatic heterocycles. The monoisotopic (exact) mass is 287 g/mol. The molecule has 2 rings (SSSR count). The van der Waals surface area contributed by atoms with Gasteiger partial charge in [0.15, 0.2) is 5.78 Å². The lowest BCUT2D eigenvalue weighted by molar-refractivity contribution is 0.0978. The first kappa shape index (κ1) is 14.2. The zero-order valence-corrected chi connectivity index (χ0v) is 11.5. The summed E-state index contributed by atoms with van der Waals surface area (Å²) >= 11 is 5.89. The van der Waals surface area contributed by atoms with E-state index in [0.29, 0.717) is 16.1 Å². The number of ketones is 1. The summed E-state index contributed by atoms with van der Waals surface area (Å²) in [6.07, 6.45) is 0. The molecule has 0 N–H and O–H groups in total. The van der Waals surface area contributed by atoms with Crippen LogP contribution in [0, 0.1) is 24.1 Å². The van der Waals surface area contributed by atoms with Crippen LogP contribution in [0.15, 0.2) is 42.5 Å². The van der Waals surface area contributed by atoms with Crippen molar-refractivity contribution in [2.75, 3.05) is 0 Å². The van der Waals surface area contributed by atoms with E-state index in [1.165, 1.54) is 24.3 Å². The molecule has 2 aromatic rings. The fourth-order valence-corrected chi connectivity index (χ4v) is 2.13. The van der Waals surface area contributed by atoms with Crippen LogP contribution in [0.5, 0.6) is 0 Å². The van der Waals surface area contributed by atoms with Gasteiger partial charge in [0.1, 0.15) is 11.7 Å². The quantitative estimate of drug-likeness (QED) is 0.791. The van der Waals surface area contributed by atoms with Crippen LogP contribution >= 0.6 is 11.6 Å². The summed E-state index contributed by atoms with van der Waals surface area (Å²) in [5, 5.41) is 9.68. The van der Waals surface area contributed by atoms with Crippen LogP contribution in [0.25, 0.3) is 0 Å². The Labute approximate surface area is 121 Å². The molecule has 4 heteroatoms. The van der Waals surface area contributed by atoms with Crippen molar-refractivity contribution >= 4 is 17.4 Å². The van der Waals surface area contributed by atoms with Crippen LogP contribution in [0.4, 0.5) is 4.39 Å². The van der Waals surface area contributed by atoms with Gasteiger partial charge in [-0.2, -0.15) is 5.26 Å². The minimum atomic E-state index is -0.965. The van der Waals surface area contributed by atoms with Crippen molar-refractivity contribution in [1.29, 1.82) is 5.26 Å². The third kappa shape index (κ3) is 2.87. The fourth-order valence-electron chi connectivity index (χ4n) is 1.95. The van der Waals surface area contributed by atoms with Crippen molar-refractivity contribution in [3.05, 3.63) is 70.0 Å². The Morgan fingerprint density at radius 2 is 1.90 bits per heavy atom. The van der Waals surface area contributed by atoms with E-state index in [4.69, 9.17) is 11.6 Å². The van der Waals surface area contributed by atoms with Gasteiger partial charge in [0, 0.05) is 10.6 Å². The molecule has 0 radical (unpaired) electrons. The molecule has 1 atom stereocenters. The largest absolute Gasteiger partial charge is 0.292 e. The molecule has 0 saturated heterocycles. The van der Waals surface area contributed by atoms with Crippen LogP contribution in [0.3, 0.4) is 0 Å². The maximum atomic E-state index is 12.9. The second-order valence-electron chi connectivity index (χ2n) is 4.44. The fraction of sp³-hybridized carbons (Fsp3) is 0.125. The van der Waals surface area contributed by atoms with Crippen LogP contribution in [-0.2, 0) is 0 Å². The summed E-state index contributed by atoms with van der Waals surface area (Å²) in [5.41, 5.74) is 1.63. The molecule has 0 aliphatic rings. The molecule has 20 heavy (non-hydrogen) atoms. The normalized spacial score (nSPS) is 11.7. The Morgan fingerprint density at radius 1 is 1.25 bits per heavy atom. The predicted octanol–water partition coefficient (Wildman–Crippen LogP) is 4.28. The number of nitriles is 1. The third-order valence-corrected chi connectivity index (χ3v) is 3.29. The topological polar surface area (TPSA) is 40.9 Å². The number of aryl methyl sites for hydroxylation is 1. The van der Waals surface area contributed by atoms with E-state index in [0.717, 1.165) is 5.56 Å². The number of carbonyl (C=O) groups excluding carboxylic acids is 1. The zero-order chi connectivity index (χ0) is 14.7. The van der Waals surface area contributed by atoms with E-state index < -0.39 is 11.7 Å². The highest BCUT2D eigenvalue weighted by molar-refractivity contribution is 6.31. The molecule has 100 valence electrons. The molecule has 2 nitrogen and oxygen atoms in total. The zero-order valence-electron chi connectivity index (χ0n) is 10.7. The molecule has 2 aromatic carbocycles. The molecule has 0 aliphatic heterocycles. The van der Waals surface area contributed by atoms with Gasteiger partial charge in [0.2, 0.25) is 0 Å². The van der Waals surface area contributed by atoms with Gasteiger partial charge in [-0.05, 0) is 42.3 Å². The standard InChI is InChI=1S/C16H11ClFNO/c1-10-2-5-12(17)8-14(10)16(20)15(9-19)11-3-6-13(18)7-4-11/h2-8,15H,1H3. The first-order valence-electron chi connectivity index (χ1n) is 5.98. The SMILES string of the molecule is Cc1ccc(Cl)cc1C(=O)C(C#N)c1ccc(F)cc1. The Kier molecular flexibility index (Phi) is 4.16. The number of Topliss-reactive ketones (excluding diaryl/α,β-unsaturated/α-hetero) is 1. The molecule has 0 amide bonds. The van der Waals surface area contributed by atoms with Gasteiger partial charge in [-0.15, -0.1) is 0 Å². The van der Waals surface area contributed by atoms with Crippen molar-refractivity contribution in [2.45, 2.75) is 12.8 Å².